The van der Waals surface area contributed by atoms with Crippen LogP contribution in [-0.4, -0.2) is 33.0 Å². The topological polar surface area (TPSA) is 3.24 Å². The summed E-state index contributed by atoms with van der Waals surface area (Å²) in [5, 5.41) is 0. The zero-order valence-corrected chi connectivity index (χ0v) is 7.76. The first-order chi connectivity index (χ1) is 4.72. The van der Waals surface area contributed by atoms with Crippen molar-refractivity contribution in [3.8, 4) is 0 Å². The van der Waals surface area contributed by atoms with E-state index in [2.05, 4.69) is 50.2 Å². The van der Waals surface area contributed by atoms with Gasteiger partial charge in [0.2, 0.25) is 0 Å². The second-order valence-electron chi connectivity index (χ2n) is 2.68. The van der Waals surface area contributed by atoms with Crippen LogP contribution in [0.3, 0.4) is 0 Å². The Morgan fingerprint density at radius 3 is 2.00 bits per heavy atom. The van der Waals surface area contributed by atoms with Crippen LogP contribution in [-0.2, 0) is 0 Å². The number of benzene rings is 1. The fourth-order valence-corrected chi connectivity index (χ4v) is 1.07. The first-order valence-electron chi connectivity index (χ1n) is 3.45. The van der Waals surface area contributed by atoms with Crippen LogP contribution in [0, 0.1) is 6.92 Å². The van der Waals surface area contributed by atoms with Crippen LogP contribution in [0.5, 0.6) is 0 Å². The molecule has 0 aliphatic heterocycles. The number of para-hydroxylation sites is 1. The van der Waals surface area contributed by atoms with E-state index in [1.165, 1.54) is 11.3 Å². The van der Waals surface area contributed by atoms with Gasteiger partial charge in [-0.05, 0) is 18.6 Å². The fourth-order valence-electron chi connectivity index (χ4n) is 1.07. The van der Waals surface area contributed by atoms with Crippen LogP contribution in [0.15, 0.2) is 24.3 Å². The van der Waals surface area contributed by atoms with Gasteiger partial charge < -0.3 is 4.90 Å². The molecular weight excluding hydrogens is 129 g/mol. The Balaban J connectivity index is 0.000001000. The third kappa shape index (κ3) is 2.61. The first-order valence-corrected chi connectivity index (χ1v) is 3.45. The minimum absolute atomic E-state index is 0. The smallest absolute Gasteiger partial charge is 0.0390 e. The molecule has 0 aromatic heterocycles. The van der Waals surface area contributed by atoms with Gasteiger partial charge in [-0.3, -0.25) is 0 Å². The van der Waals surface area contributed by atoms with Gasteiger partial charge in [0.05, 0.1) is 0 Å². The SMILES string of the molecule is Cc1ccccc1N(C)C.[Li]. The van der Waals surface area contributed by atoms with Gasteiger partial charge in [0.1, 0.15) is 0 Å². The molecule has 0 bridgehead atoms. The predicted octanol–water partition coefficient (Wildman–Crippen LogP) is 1.68. The Morgan fingerprint density at radius 1 is 1.09 bits per heavy atom. The van der Waals surface area contributed by atoms with Crippen molar-refractivity contribution in [1.82, 2.24) is 0 Å². The van der Waals surface area contributed by atoms with E-state index in [-0.39, 0.29) is 18.9 Å². The predicted molar refractivity (Wildman–Crippen MR) is 51.3 cm³/mol. The normalized spacial score (nSPS) is 8.64. The summed E-state index contributed by atoms with van der Waals surface area (Å²) in [6.45, 7) is 2.12. The van der Waals surface area contributed by atoms with Gasteiger partial charge >= 0.3 is 0 Å². The molecule has 0 aliphatic rings. The van der Waals surface area contributed by atoms with E-state index in [1.54, 1.807) is 0 Å². The van der Waals surface area contributed by atoms with E-state index in [9.17, 15) is 0 Å². The van der Waals surface area contributed by atoms with Crippen molar-refractivity contribution >= 4 is 24.5 Å². The minimum Gasteiger partial charge on any atom is -0.377 e. The van der Waals surface area contributed by atoms with Gasteiger partial charge in [-0.1, -0.05) is 18.2 Å². The monoisotopic (exact) mass is 142 g/mol. The van der Waals surface area contributed by atoms with Crippen LogP contribution >= 0.6 is 0 Å². The Morgan fingerprint density at radius 2 is 1.64 bits per heavy atom. The van der Waals surface area contributed by atoms with Crippen molar-refractivity contribution in [2.45, 2.75) is 6.92 Å². The average molecular weight is 142 g/mol. The molecule has 0 unspecified atom stereocenters. The van der Waals surface area contributed by atoms with E-state index in [4.69, 9.17) is 0 Å². The molecule has 0 aliphatic carbocycles. The number of aryl methyl sites for hydroxylation is 1. The van der Waals surface area contributed by atoms with Crippen molar-refractivity contribution in [1.29, 1.82) is 0 Å². The van der Waals surface area contributed by atoms with Gasteiger partial charge in [-0.25, -0.2) is 0 Å². The molecule has 0 N–H and O–H groups in total. The Bertz CT molecular complexity index is 221. The molecule has 0 heterocycles. The van der Waals surface area contributed by atoms with Gasteiger partial charge in [-0.2, -0.15) is 0 Å². The van der Waals surface area contributed by atoms with Crippen molar-refractivity contribution in [2.24, 2.45) is 0 Å². The van der Waals surface area contributed by atoms with Gasteiger partial charge in [0.25, 0.3) is 0 Å². The zero-order chi connectivity index (χ0) is 7.56. The van der Waals surface area contributed by atoms with Crippen LogP contribution in [0.2, 0.25) is 0 Å². The van der Waals surface area contributed by atoms with Crippen LogP contribution < -0.4 is 4.90 Å². The fraction of sp³-hybridized carbons (Fsp3) is 0.333. The maximum absolute atomic E-state index is 2.12. The van der Waals surface area contributed by atoms with Crippen molar-refractivity contribution in [2.75, 3.05) is 19.0 Å². The van der Waals surface area contributed by atoms with E-state index in [1.807, 2.05) is 0 Å². The third-order valence-electron chi connectivity index (χ3n) is 1.60. The van der Waals surface area contributed by atoms with Gasteiger partial charge in [-0.15, -0.1) is 0 Å². The molecule has 0 amide bonds. The van der Waals surface area contributed by atoms with E-state index >= 15 is 0 Å². The molecule has 1 aromatic carbocycles. The number of anilines is 1. The molecule has 0 atom stereocenters. The molecule has 11 heavy (non-hydrogen) atoms. The summed E-state index contributed by atoms with van der Waals surface area (Å²) in [4.78, 5) is 2.12. The first kappa shape index (κ1) is 10.6. The molecule has 0 fully saturated rings. The third-order valence-corrected chi connectivity index (χ3v) is 1.60. The molecule has 1 radical (unpaired) electrons. The number of rotatable bonds is 1. The summed E-state index contributed by atoms with van der Waals surface area (Å²) in [5.74, 6) is 0. The maximum atomic E-state index is 2.12. The second kappa shape index (κ2) is 4.49. The van der Waals surface area contributed by atoms with Crippen molar-refractivity contribution in [3.63, 3.8) is 0 Å². The van der Waals surface area contributed by atoms with Crippen molar-refractivity contribution < 1.29 is 0 Å². The number of hydrogen-bond donors (Lipinski definition) is 0. The Labute approximate surface area is 80.6 Å². The summed E-state index contributed by atoms with van der Waals surface area (Å²) in [6, 6.07) is 8.36. The second-order valence-corrected chi connectivity index (χ2v) is 2.68. The summed E-state index contributed by atoms with van der Waals surface area (Å²) in [5.41, 5.74) is 2.62. The number of hydrogen-bond acceptors (Lipinski definition) is 1. The van der Waals surface area contributed by atoms with E-state index in [0.29, 0.717) is 0 Å². The minimum atomic E-state index is 0. The molecule has 1 rings (SSSR count). The largest absolute Gasteiger partial charge is 0.377 e. The molecule has 0 spiro atoms. The standard InChI is InChI=1S/C9H13N.Li/c1-8-6-4-5-7-9(8)10(2)3;/h4-7H,1-3H3;. The van der Waals surface area contributed by atoms with Crippen molar-refractivity contribution in [3.05, 3.63) is 29.8 Å². The van der Waals surface area contributed by atoms with Crippen LogP contribution in [0.4, 0.5) is 5.69 Å². The quantitative estimate of drug-likeness (QED) is 0.539. The number of nitrogens with zero attached hydrogens (tertiary/aromatic N) is 1. The maximum Gasteiger partial charge on any atom is 0.0390 e. The molecule has 2 heteroatoms. The van der Waals surface area contributed by atoms with Crippen LogP contribution in [0.1, 0.15) is 5.56 Å². The molecule has 1 nitrogen and oxygen atoms in total. The molecular formula is C9H13LiN. The summed E-state index contributed by atoms with van der Waals surface area (Å²) < 4.78 is 0. The van der Waals surface area contributed by atoms with E-state index < -0.39 is 0 Å². The van der Waals surface area contributed by atoms with E-state index in [0.717, 1.165) is 0 Å². The average Bonchev–Trinajstić information content (AvgIpc) is 1.88. The molecule has 0 saturated carbocycles. The summed E-state index contributed by atoms with van der Waals surface area (Å²) in [6.07, 6.45) is 0. The Kier molecular flexibility index (Phi) is 4.33. The molecule has 1 aromatic rings. The Hall–Kier alpha value is -0.383. The molecule has 55 valence electrons. The summed E-state index contributed by atoms with van der Waals surface area (Å²) >= 11 is 0. The van der Waals surface area contributed by atoms with Crippen LogP contribution in [0.25, 0.3) is 0 Å². The summed E-state index contributed by atoms with van der Waals surface area (Å²) in [7, 11) is 4.12. The van der Waals surface area contributed by atoms with Gasteiger partial charge in [0, 0.05) is 38.6 Å². The zero-order valence-electron chi connectivity index (χ0n) is 7.76. The van der Waals surface area contributed by atoms with Gasteiger partial charge in [0.15, 0.2) is 0 Å². The molecule has 0 saturated heterocycles.